The molecule has 2 nitrogen and oxygen atoms in total. The third-order valence-electron chi connectivity index (χ3n) is 2.41. The summed E-state index contributed by atoms with van der Waals surface area (Å²) in [5.41, 5.74) is 13.4. The van der Waals surface area contributed by atoms with Crippen LogP contribution in [-0.4, -0.2) is 0 Å². The van der Waals surface area contributed by atoms with Crippen molar-refractivity contribution in [1.82, 2.24) is 0 Å². The molecule has 0 spiro atoms. The average Bonchev–Trinajstić information content (AvgIpc) is 2.27. The molecule has 0 amide bonds. The van der Waals surface area contributed by atoms with E-state index in [9.17, 15) is 0 Å². The highest BCUT2D eigenvalue weighted by atomic mass is 32.2. The Kier molecular flexibility index (Phi) is 2.26. The van der Waals surface area contributed by atoms with Gasteiger partial charge in [-0.15, -0.1) is 0 Å². The van der Waals surface area contributed by atoms with E-state index in [1.807, 2.05) is 24.3 Å². The highest BCUT2D eigenvalue weighted by molar-refractivity contribution is 8.05. The molecule has 0 unspecified atom stereocenters. The Labute approximate surface area is 102 Å². The molecule has 1 aliphatic heterocycles. The molecule has 0 atom stereocenters. The standard InChI is InChI=1S/C12H10N2S2/c13-7-4-5-9-11(6-7)15-10-3-1-2-8(14)12(10)16-9/h1-6H,13-14H2. The van der Waals surface area contributed by atoms with Gasteiger partial charge in [0.25, 0.3) is 0 Å². The Bertz CT molecular complexity index is 567. The first-order valence-electron chi connectivity index (χ1n) is 4.88. The second kappa shape index (κ2) is 3.64. The zero-order valence-corrected chi connectivity index (χ0v) is 10.1. The van der Waals surface area contributed by atoms with Crippen molar-refractivity contribution in [1.29, 1.82) is 0 Å². The van der Waals surface area contributed by atoms with Gasteiger partial charge in [0.1, 0.15) is 0 Å². The van der Waals surface area contributed by atoms with E-state index in [2.05, 4.69) is 12.1 Å². The van der Waals surface area contributed by atoms with Crippen LogP contribution in [0.3, 0.4) is 0 Å². The predicted molar refractivity (Wildman–Crippen MR) is 70.0 cm³/mol. The zero-order chi connectivity index (χ0) is 11.1. The molecule has 0 bridgehead atoms. The summed E-state index contributed by atoms with van der Waals surface area (Å²) < 4.78 is 0. The van der Waals surface area contributed by atoms with Gasteiger partial charge in [-0.3, -0.25) is 0 Å². The third kappa shape index (κ3) is 1.54. The summed E-state index contributed by atoms with van der Waals surface area (Å²) in [5, 5.41) is 0. The van der Waals surface area contributed by atoms with Crippen LogP contribution in [0.15, 0.2) is 56.0 Å². The first-order chi connectivity index (χ1) is 7.74. The summed E-state index contributed by atoms with van der Waals surface area (Å²) in [6.07, 6.45) is 0. The Hall–Kier alpha value is -1.26. The fraction of sp³-hybridized carbons (Fsp3) is 0. The van der Waals surface area contributed by atoms with Crippen LogP contribution in [0.25, 0.3) is 0 Å². The summed E-state index contributed by atoms with van der Waals surface area (Å²) in [6, 6.07) is 12.0. The maximum absolute atomic E-state index is 5.97. The highest BCUT2D eigenvalue weighted by Crippen LogP contribution is 2.50. The minimum Gasteiger partial charge on any atom is -0.399 e. The van der Waals surface area contributed by atoms with Crippen molar-refractivity contribution in [2.24, 2.45) is 0 Å². The van der Waals surface area contributed by atoms with Crippen LogP contribution < -0.4 is 11.5 Å². The van der Waals surface area contributed by atoms with Gasteiger partial charge in [-0.05, 0) is 30.3 Å². The predicted octanol–water partition coefficient (Wildman–Crippen LogP) is 3.47. The van der Waals surface area contributed by atoms with Crippen molar-refractivity contribution in [3.63, 3.8) is 0 Å². The molecule has 2 aromatic carbocycles. The topological polar surface area (TPSA) is 52.0 Å². The molecule has 16 heavy (non-hydrogen) atoms. The summed E-state index contributed by atoms with van der Waals surface area (Å²) in [7, 11) is 0. The van der Waals surface area contributed by atoms with Crippen molar-refractivity contribution in [3.05, 3.63) is 36.4 Å². The largest absolute Gasteiger partial charge is 0.399 e. The maximum atomic E-state index is 5.97. The van der Waals surface area contributed by atoms with Crippen LogP contribution in [-0.2, 0) is 0 Å². The highest BCUT2D eigenvalue weighted by Gasteiger charge is 2.18. The fourth-order valence-electron chi connectivity index (χ4n) is 1.64. The van der Waals surface area contributed by atoms with Crippen molar-refractivity contribution in [2.75, 3.05) is 11.5 Å². The number of fused-ring (bicyclic) bond motifs is 2. The molecule has 0 aliphatic carbocycles. The molecule has 0 saturated carbocycles. The minimum absolute atomic E-state index is 0.805. The van der Waals surface area contributed by atoms with E-state index < -0.39 is 0 Å². The molecule has 1 heterocycles. The number of hydrogen-bond acceptors (Lipinski definition) is 4. The molecule has 0 radical (unpaired) electrons. The van der Waals surface area contributed by atoms with Crippen LogP contribution in [0.5, 0.6) is 0 Å². The zero-order valence-electron chi connectivity index (χ0n) is 8.44. The van der Waals surface area contributed by atoms with Gasteiger partial charge in [-0.2, -0.15) is 0 Å². The van der Waals surface area contributed by atoms with Crippen molar-refractivity contribution in [3.8, 4) is 0 Å². The summed E-state index contributed by atoms with van der Waals surface area (Å²) in [6.45, 7) is 0. The molecular weight excluding hydrogens is 236 g/mol. The van der Waals surface area contributed by atoms with E-state index in [0.717, 1.165) is 16.3 Å². The van der Waals surface area contributed by atoms with E-state index in [4.69, 9.17) is 11.5 Å². The van der Waals surface area contributed by atoms with Gasteiger partial charge >= 0.3 is 0 Å². The Morgan fingerprint density at radius 1 is 0.812 bits per heavy atom. The lowest BCUT2D eigenvalue weighted by Crippen LogP contribution is -1.95. The van der Waals surface area contributed by atoms with Crippen LogP contribution >= 0.6 is 23.5 Å². The molecule has 0 fully saturated rings. The molecule has 1 aliphatic rings. The minimum atomic E-state index is 0.805. The maximum Gasteiger partial charge on any atom is 0.0491 e. The molecule has 3 rings (SSSR count). The van der Waals surface area contributed by atoms with Gasteiger partial charge in [0.15, 0.2) is 0 Å². The van der Waals surface area contributed by atoms with Gasteiger partial charge < -0.3 is 11.5 Å². The Balaban J connectivity index is 2.13. The lowest BCUT2D eigenvalue weighted by atomic mass is 10.3. The number of nitrogen functional groups attached to an aromatic ring is 2. The Morgan fingerprint density at radius 3 is 2.56 bits per heavy atom. The second-order valence-electron chi connectivity index (χ2n) is 3.58. The van der Waals surface area contributed by atoms with Crippen molar-refractivity contribution >= 4 is 34.9 Å². The number of hydrogen-bond donors (Lipinski definition) is 2. The number of anilines is 2. The molecule has 0 aromatic heterocycles. The SMILES string of the molecule is Nc1ccc2c(c1)Sc1cccc(N)c1S2. The number of nitrogens with two attached hydrogens (primary N) is 2. The van der Waals surface area contributed by atoms with E-state index >= 15 is 0 Å². The van der Waals surface area contributed by atoms with E-state index in [-0.39, 0.29) is 0 Å². The fourth-order valence-corrected chi connectivity index (χ4v) is 3.97. The molecule has 4 N–H and O–H groups in total. The lowest BCUT2D eigenvalue weighted by molar-refractivity contribution is 1.16. The first-order valence-corrected chi connectivity index (χ1v) is 6.51. The van der Waals surface area contributed by atoms with Gasteiger partial charge in [0.05, 0.1) is 0 Å². The third-order valence-corrected chi connectivity index (χ3v) is 5.02. The van der Waals surface area contributed by atoms with Crippen molar-refractivity contribution in [2.45, 2.75) is 19.6 Å². The van der Waals surface area contributed by atoms with Crippen molar-refractivity contribution < 1.29 is 0 Å². The Morgan fingerprint density at radius 2 is 1.69 bits per heavy atom. The van der Waals surface area contributed by atoms with Crippen LogP contribution in [0.2, 0.25) is 0 Å². The van der Waals surface area contributed by atoms with Gasteiger partial charge in [0, 0.05) is 31.0 Å². The molecule has 0 saturated heterocycles. The van der Waals surface area contributed by atoms with Crippen LogP contribution in [0.4, 0.5) is 11.4 Å². The van der Waals surface area contributed by atoms with E-state index in [0.29, 0.717) is 0 Å². The summed E-state index contributed by atoms with van der Waals surface area (Å²) >= 11 is 3.45. The summed E-state index contributed by atoms with van der Waals surface area (Å²) in [4.78, 5) is 4.81. The molecule has 2 aromatic rings. The van der Waals surface area contributed by atoms with Gasteiger partial charge in [0.2, 0.25) is 0 Å². The lowest BCUT2D eigenvalue weighted by Gasteiger charge is -2.19. The van der Waals surface area contributed by atoms with Crippen LogP contribution in [0, 0.1) is 0 Å². The molecule has 4 heteroatoms. The normalized spacial score (nSPS) is 13.0. The molecule has 80 valence electrons. The van der Waals surface area contributed by atoms with E-state index in [1.54, 1.807) is 23.5 Å². The first kappa shape index (κ1) is 9.93. The van der Waals surface area contributed by atoms with E-state index in [1.165, 1.54) is 14.7 Å². The molecular formula is C12H10N2S2. The average molecular weight is 246 g/mol. The monoisotopic (exact) mass is 246 g/mol. The van der Waals surface area contributed by atoms with Crippen LogP contribution in [0.1, 0.15) is 0 Å². The van der Waals surface area contributed by atoms with Gasteiger partial charge in [-0.25, -0.2) is 0 Å². The van der Waals surface area contributed by atoms with Gasteiger partial charge in [-0.1, -0.05) is 29.6 Å². The second-order valence-corrected chi connectivity index (χ2v) is 5.72. The number of benzene rings is 2. The quantitative estimate of drug-likeness (QED) is 0.596. The number of rotatable bonds is 0. The smallest absolute Gasteiger partial charge is 0.0491 e. The summed E-state index contributed by atoms with van der Waals surface area (Å²) in [5.74, 6) is 0.